The Morgan fingerprint density at radius 2 is 2.18 bits per heavy atom. The van der Waals surface area contributed by atoms with Crippen LogP contribution in [0.2, 0.25) is 5.02 Å². The largest absolute Gasteiger partial charge is 0.349 e. The molecule has 0 fully saturated rings. The van der Waals surface area contributed by atoms with Gasteiger partial charge in [0.05, 0.1) is 39.3 Å². The van der Waals surface area contributed by atoms with Crippen LogP contribution in [0.1, 0.15) is 37.0 Å². The van der Waals surface area contributed by atoms with Crippen LogP contribution in [0.5, 0.6) is 0 Å². The molecule has 1 unspecified atom stereocenters. The predicted octanol–water partition coefficient (Wildman–Crippen LogP) is 3.01. The second kappa shape index (κ2) is 6.83. The topological polar surface area (TPSA) is 64.7 Å². The zero-order chi connectivity index (χ0) is 16.4. The van der Waals surface area contributed by atoms with E-state index in [0.29, 0.717) is 11.6 Å². The highest BCUT2D eigenvalue weighted by Crippen LogP contribution is 2.22. The molecule has 0 spiro atoms. The van der Waals surface area contributed by atoms with Crippen molar-refractivity contribution in [3.63, 3.8) is 0 Å². The number of carbonyl (C=O) groups excluding carboxylic acids is 1. The first-order valence-corrected chi connectivity index (χ1v) is 8.23. The van der Waals surface area contributed by atoms with Crippen LogP contribution in [0.4, 0.5) is 0 Å². The Bertz CT molecular complexity index is 694. The fraction of sp³-hybridized carbons (Fsp3) is 0.500. The fourth-order valence-corrected chi connectivity index (χ4v) is 2.85. The van der Waals surface area contributed by atoms with Gasteiger partial charge in [0.15, 0.2) is 0 Å². The molecule has 0 aliphatic heterocycles. The normalized spacial score (nSPS) is 12.5. The second-order valence-corrected chi connectivity index (χ2v) is 6.31. The third-order valence-electron chi connectivity index (χ3n) is 3.61. The van der Waals surface area contributed by atoms with Crippen LogP contribution in [-0.4, -0.2) is 25.5 Å². The van der Waals surface area contributed by atoms with E-state index in [0.717, 1.165) is 28.1 Å². The van der Waals surface area contributed by atoms with Crippen molar-refractivity contribution in [1.29, 1.82) is 0 Å². The van der Waals surface area contributed by atoms with E-state index in [1.807, 2.05) is 25.5 Å². The first-order valence-electron chi connectivity index (χ1n) is 7.05. The predicted molar refractivity (Wildman–Crippen MR) is 88.9 cm³/mol. The van der Waals surface area contributed by atoms with E-state index in [2.05, 4.69) is 31.4 Å². The van der Waals surface area contributed by atoms with Crippen molar-refractivity contribution in [2.75, 3.05) is 0 Å². The van der Waals surface area contributed by atoms with Gasteiger partial charge in [-0.1, -0.05) is 11.6 Å². The van der Waals surface area contributed by atoms with Crippen LogP contribution in [0.25, 0.3) is 0 Å². The van der Waals surface area contributed by atoms with Gasteiger partial charge in [0, 0.05) is 6.54 Å². The van der Waals surface area contributed by atoms with Gasteiger partial charge in [-0.25, -0.2) is 0 Å². The van der Waals surface area contributed by atoms with Crippen LogP contribution in [0.3, 0.4) is 0 Å². The van der Waals surface area contributed by atoms with Crippen molar-refractivity contribution in [3.8, 4) is 0 Å². The average molecular weight is 389 g/mol. The van der Waals surface area contributed by atoms with Crippen LogP contribution in [-0.2, 0) is 17.9 Å². The van der Waals surface area contributed by atoms with Crippen molar-refractivity contribution >= 4 is 33.4 Å². The number of carbonyl (C=O) groups is 1. The van der Waals surface area contributed by atoms with E-state index in [9.17, 15) is 4.79 Å². The SMILES string of the molecule is CCn1ncc(Br)c1CNC(=O)C(C)n1nc(C)c(Cl)c1C. The molecule has 1 atom stereocenters. The third kappa shape index (κ3) is 3.20. The lowest BCUT2D eigenvalue weighted by atomic mass is 10.3. The summed E-state index contributed by atoms with van der Waals surface area (Å²) in [4.78, 5) is 12.4. The molecule has 8 heteroatoms. The van der Waals surface area contributed by atoms with Gasteiger partial charge in [-0.15, -0.1) is 0 Å². The van der Waals surface area contributed by atoms with Crippen LogP contribution in [0, 0.1) is 13.8 Å². The van der Waals surface area contributed by atoms with E-state index in [1.165, 1.54) is 0 Å². The number of rotatable bonds is 5. The quantitative estimate of drug-likeness (QED) is 0.856. The molecule has 120 valence electrons. The Hall–Kier alpha value is -1.34. The van der Waals surface area contributed by atoms with Gasteiger partial charge in [-0.05, 0) is 43.6 Å². The van der Waals surface area contributed by atoms with Gasteiger partial charge >= 0.3 is 0 Å². The highest BCUT2D eigenvalue weighted by molar-refractivity contribution is 9.10. The zero-order valence-electron chi connectivity index (χ0n) is 13.0. The summed E-state index contributed by atoms with van der Waals surface area (Å²) < 4.78 is 4.38. The molecule has 2 aromatic heterocycles. The molecule has 2 rings (SSSR count). The average Bonchev–Trinajstić information content (AvgIpc) is 2.98. The number of hydrogen-bond donors (Lipinski definition) is 1. The summed E-state index contributed by atoms with van der Waals surface area (Å²) in [6, 6.07) is -0.428. The molecular formula is C14H19BrClN5O. The Kier molecular flexibility index (Phi) is 5.28. The molecule has 1 N–H and O–H groups in total. The van der Waals surface area contributed by atoms with E-state index < -0.39 is 6.04 Å². The maximum atomic E-state index is 12.4. The van der Waals surface area contributed by atoms with Crippen molar-refractivity contribution in [2.24, 2.45) is 0 Å². The van der Waals surface area contributed by atoms with E-state index in [-0.39, 0.29) is 5.91 Å². The van der Waals surface area contributed by atoms with Gasteiger partial charge in [-0.2, -0.15) is 10.2 Å². The molecule has 6 nitrogen and oxygen atoms in total. The molecule has 22 heavy (non-hydrogen) atoms. The summed E-state index contributed by atoms with van der Waals surface area (Å²) in [7, 11) is 0. The molecule has 0 aliphatic rings. The Morgan fingerprint density at radius 3 is 2.73 bits per heavy atom. The minimum absolute atomic E-state index is 0.113. The van der Waals surface area contributed by atoms with Crippen LogP contribution >= 0.6 is 27.5 Å². The van der Waals surface area contributed by atoms with Crippen molar-refractivity contribution in [2.45, 2.75) is 46.8 Å². The number of nitrogens with zero attached hydrogens (tertiary/aromatic N) is 4. The first kappa shape index (κ1) is 17.0. The summed E-state index contributed by atoms with van der Waals surface area (Å²) >= 11 is 9.58. The lowest BCUT2D eigenvalue weighted by molar-refractivity contribution is -0.124. The van der Waals surface area contributed by atoms with Gasteiger partial charge in [0.25, 0.3) is 0 Å². The minimum atomic E-state index is -0.428. The summed E-state index contributed by atoms with van der Waals surface area (Å²) in [5, 5.41) is 12.1. The Labute approximate surface area is 143 Å². The number of aromatic nitrogens is 4. The lowest BCUT2D eigenvalue weighted by Gasteiger charge is -2.15. The van der Waals surface area contributed by atoms with E-state index >= 15 is 0 Å². The summed E-state index contributed by atoms with van der Waals surface area (Å²) in [5.74, 6) is -0.113. The standard InChI is InChI=1S/C14H19BrClN5O/c1-5-20-12(11(15)6-18-20)7-17-14(22)10(4)21-9(3)13(16)8(2)19-21/h6,10H,5,7H2,1-4H3,(H,17,22). The molecule has 2 heterocycles. The minimum Gasteiger partial charge on any atom is -0.349 e. The highest BCUT2D eigenvalue weighted by Gasteiger charge is 2.21. The zero-order valence-corrected chi connectivity index (χ0v) is 15.4. The molecule has 0 saturated carbocycles. The lowest BCUT2D eigenvalue weighted by Crippen LogP contribution is -2.32. The highest BCUT2D eigenvalue weighted by atomic mass is 79.9. The third-order valence-corrected chi connectivity index (χ3v) is 4.82. The fourth-order valence-electron chi connectivity index (χ4n) is 2.29. The molecule has 2 aromatic rings. The van der Waals surface area contributed by atoms with Gasteiger partial charge < -0.3 is 5.32 Å². The number of nitrogens with one attached hydrogen (secondary N) is 1. The van der Waals surface area contributed by atoms with E-state index in [4.69, 9.17) is 11.6 Å². The summed E-state index contributed by atoms with van der Waals surface area (Å²) in [6.45, 7) is 8.65. The number of aryl methyl sites for hydroxylation is 2. The first-order chi connectivity index (χ1) is 10.4. The Balaban J connectivity index is 2.09. The second-order valence-electron chi connectivity index (χ2n) is 5.08. The number of halogens is 2. The Morgan fingerprint density at radius 1 is 1.50 bits per heavy atom. The summed E-state index contributed by atoms with van der Waals surface area (Å²) in [5.41, 5.74) is 2.46. The number of amides is 1. The molecule has 1 amide bonds. The molecular weight excluding hydrogens is 370 g/mol. The molecule has 0 radical (unpaired) electrons. The van der Waals surface area contributed by atoms with Gasteiger partial charge in [0.1, 0.15) is 6.04 Å². The van der Waals surface area contributed by atoms with Crippen molar-refractivity contribution in [3.05, 3.63) is 32.8 Å². The van der Waals surface area contributed by atoms with Gasteiger partial charge in [-0.3, -0.25) is 14.2 Å². The van der Waals surface area contributed by atoms with Crippen LogP contribution in [0.15, 0.2) is 10.7 Å². The van der Waals surface area contributed by atoms with E-state index in [1.54, 1.807) is 17.8 Å². The maximum absolute atomic E-state index is 12.4. The molecule has 0 aliphatic carbocycles. The van der Waals surface area contributed by atoms with Crippen molar-refractivity contribution in [1.82, 2.24) is 24.9 Å². The summed E-state index contributed by atoms with van der Waals surface area (Å²) in [6.07, 6.45) is 1.73. The number of hydrogen-bond acceptors (Lipinski definition) is 3. The van der Waals surface area contributed by atoms with Crippen LogP contribution < -0.4 is 5.32 Å². The van der Waals surface area contributed by atoms with Crippen molar-refractivity contribution < 1.29 is 4.79 Å². The smallest absolute Gasteiger partial charge is 0.244 e. The monoisotopic (exact) mass is 387 g/mol. The van der Waals surface area contributed by atoms with Gasteiger partial charge in [0.2, 0.25) is 5.91 Å². The molecule has 0 aromatic carbocycles. The molecule has 0 saturated heterocycles. The maximum Gasteiger partial charge on any atom is 0.244 e. The molecule has 0 bridgehead atoms.